The lowest BCUT2D eigenvalue weighted by Crippen LogP contribution is -2.22. The number of benzene rings is 3. The van der Waals surface area contributed by atoms with Crippen LogP contribution in [0.4, 0.5) is 5.69 Å². The molecule has 6 rings (SSSR count). The fourth-order valence-electron chi connectivity index (χ4n) is 4.54. The van der Waals surface area contributed by atoms with E-state index in [1.165, 1.54) is 12.1 Å². The van der Waals surface area contributed by atoms with E-state index >= 15 is 0 Å². The monoisotopic (exact) mass is 479 g/mol. The molecule has 0 radical (unpaired) electrons. The Balaban J connectivity index is 1.69. The van der Waals surface area contributed by atoms with E-state index in [1.807, 2.05) is 60.7 Å². The van der Waals surface area contributed by atoms with Crippen LogP contribution < -0.4 is 19.9 Å². The largest absolute Gasteiger partial charge is 0.454 e. The van der Waals surface area contributed by atoms with Crippen molar-refractivity contribution in [3.05, 3.63) is 105 Å². The fraction of sp³-hybridized carbons (Fsp3) is 0.0769. The lowest BCUT2D eigenvalue weighted by Gasteiger charge is -2.25. The van der Waals surface area contributed by atoms with E-state index in [4.69, 9.17) is 25.0 Å². The summed E-state index contributed by atoms with van der Waals surface area (Å²) in [4.78, 5) is 11.6. The molecule has 2 aliphatic rings. The molecule has 1 aromatic heterocycles. The molecule has 0 saturated heterocycles. The molecule has 10 nitrogen and oxygen atoms in total. The molecule has 0 aliphatic carbocycles. The molecular formula is C26H17N5O5. The molecule has 2 aliphatic heterocycles. The lowest BCUT2D eigenvalue weighted by atomic mass is 9.82. The SMILES string of the molecule is N#CC1=C(N)Oc2c(c(-c3ccccc3)nn2-c2ccccc2)C1c1cc2c(cc1[N+](=O)[O-])OCO2. The van der Waals surface area contributed by atoms with E-state index in [9.17, 15) is 15.4 Å². The van der Waals surface area contributed by atoms with Gasteiger partial charge in [-0.05, 0) is 18.2 Å². The summed E-state index contributed by atoms with van der Waals surface area (Å²) in [5, 5.41) is 27.1. The van der Waals surface area contributed by atoms with Crippen molar-refractivity contribution < 1.29 is 19.1 Å². The zero-order valence-corrected chi connectivity index (χ0v) is 18.6. The summed E-state index contributed by atoms with van der Waals surface area (Å²) < 4.78 is 18.4. The second-order valence-electron chi connectivity index (χ2n) is 8.13. The quantitative estimate of drug-likeness (QED) is 0.336. The van der Waals surface area contributed by atoms with Crippen LogP contribution in [0.3, 0.4) is 0 Å². The van der Waals surface area contributed by atoms with Gasteiger partial charge in [-0.2, -0.15) is 15.0 Å². The molecule has 0 amide bonds. The van der Waals surface area contributed by atoms with E-state index in [0.717, 1.165) is 5.56 Å². The van der Waals surface area contributed by atoms with Gasteiger partial charge in [0, 0.05) is 11.1 Å². The Morgan fingerprint density at radius 3 is 2.39 bits per heavy atom. The summed E-state index contributed by atoms with van der Waals surface area (Å²) in [5.74, 6) is -0.221. The van der Waals surface area contributed by atoms with Crippen LogP contribution in [0.15, 0.2) is 84.3 Å². The van der Waals surface area contributed by atoms with Gasteiger partial charge in [0.2, 0.25) is 18.6 Å². The smallest absolute Gasteiger partial charge is 0.277 e. The van der Waals surface area contributed by atoms with Crippen LogP contribution in [0.5, 0.6) is 17.4 Å². The molecule has 2 N–H and O–H groups in total. The minimum Gasteiger partial charge on any atom is -0.454 e. The molecule has 36 heavy (non-hydrogen) atoms. The minimum absolute atomic E-state index is 0.0364. The predicted octanol–water partition coefficient (Wildman–Crippen LogP) is 4.39. The van der Waals surface area contributed by atoms with E-state index in [-0.39, 0.29) is 41.1 Å². The number of nitro groups is 1. The van der Waals surface area contributed by atoms with Crippen molar-refractivity contribution in [1.82, 2.24) is 9.78 Å². The van der Waals surface area contributed by atoms with Crippen LogP contribution >= 0.6 is 0 Å². The van der Waals surface area contributed by atoms with Gasteiger partial charge in [0.25, 0.3) is 5.69 Å². The van der Waals surface area contributed by atoms with Gasteiger partial charge in [-0.3, -0.25) is 10.1 Å². The van der Waals surface area contributed by atoms with E-state index in [0.29, 0.717) is 22.7 Å². The Morgan fingerprint density at radius 1 is 1.06 bits per heavy atom. The Labute approximate surface area is 204 Å². The van der Waals surface area contributed by atoms with Crippen LogP contribution in [-0.4, -0.2) is 21.5 Å². The standard InChI is InChI=1S/C26H17N5O5/c27-13-18-22(17-11-20-21(35-14-34-20)12-19(17)31(32)33)23-24(15-7-3-1-4-8-15)29-30(26(23)36-25(18)28)16-9-5-2-6-10-16/h1-12,22H,14,28H2. The molecule has 1 atom stereocenters. The molecule has 1 unspecified atom stereocenters. The highest BCUT2D eigenvalue weighted by Gasteiger charge is 2.41. The summed E-state index contributed by atoms with van der Waals surface area (Å²) in [6, 6.07) is 23.6. The Morgan fingerprint density at radius 2 is 1.72 bits per heavy atom. The first-order chi connectivity index (χ1) is 17.6. The Kier molecular flexibility index (Phi) is 4.83. The summed E-state index contributed by atoms with van der Waals surface area (Å²) >= 11 is 0. The van der Waals surface area contributed by atoms with E-state index in [2.05, 4.69) is 6.07 Å². The minimum atomic E-state index is -0.943. The maximum atomic E-state index is 12.2. The van der Waals surface area contributed by atoms with Crippen LogP contribution in [0.2, 0.25) is 0 Å². The molecular weight excluding hydrogens is 462 g/mol. The number of nitrogens with two attached hydrogens (primary N) is 1. The van der Waals surface area contributed by atoms with Crippen LogP contribution in [0.25, 0.3) is 16.9 Å². The third kappa shape index (κ3) is 3.22. The average molecular weight is 479 g/mol. The number of nitro benzene ring substituents is 1. The number of nitrogens with zero attached hydrogens (tertiary/aromatic N) is 4. The van der Waals surface area contributed by atoms with Gasteiger partial charge < -0.3 is 19.9 Å². The molecule has 0 fully saturated rings. The predicted molar refractivity (Wildman–Crippen MR) is 128 cm³/mol. The van der Waals surface area contributed by atoms with Gasteiger partial charge in [0.15, 0.2) is 11.5 Å². The molecule has 176 valence electrons. The number of nitriles is 1. The zero-order valence-electron chi connectivity index (χ0n) is 18.6. The molecule has 3 heterocycles. The summed E-state index contributed by atoms with van der Waals surface area (Å²) in [6.45, 7) is -0.0563. The number of ether oxygens (including phenoxy) is 3. The van der Waals surface area contributed by atoms with Gasteiger partial charge in [-0.15, -0.1) is 0 Å². The topological polar surface area (TPSA) is 138 Å². The first-order valence-corrected chi connectivity index (χ1v) is 11.0. The maximum absolute atomic E-state index is 12.2. The number of rotatable bonds is 4. The van der Waals surface area contributed by atoms with Crippen LogP contribution in [0, 0.1) is 21.4 Å². The van der Waals surface area contributed by atoms with Crippen molar-refractivity contribution in [2.24, 2.45) is 5.73 Å². The van der Waals surface area contributed by atoms with Crippen molar-refractivity contribution in [3.63, 3.8) is 0 Å². The van der Waals surface area contributed by atoms with Crippen molar-refractivity contribution in [3.8, 4) is 40.4 Å². The highest BCUT2D eigenvalue weighted by atomic mass is 16.7. The van der Waals surface area contributed by atoms with Gasteiger partial charge in [-0.25, -0.2) is 0 Å². The lowest BCUT2D eigenvalue weighted by molar-refractivity contribution is -0.385. The fourth-order valence-corrected chi connectivity index (χ4v) is 4.54. The average Bonchev–Trinajstić information content (AvgIpc) is 3.52. The molecule has 0 saturated carbocycles. The second-order valence-corrected chi connectivity index (χ2v) is 8.13. The number of allylic oxidation sites excluding steroid dienone is 1. The zero-order chi connectivity index (χ0) is 24.8. The van der Waals surface area contributed by atoms with Crippen molar-refractivity contribution in [2.45, 2.75) is 5.92 Å². The Hall–Kier alpha value is -5.30. The maximum Gasteiger partial charge on any atom is 0.277 e. The third-order valence-corrected chi connectivity index (χ3v) is 6.13. The summed E-state index contributed by atoms with van der Waals surface area (Å²) in [5.41, 5.74) is 8.69. The van der Waals surface area contributed by atoms with Crippen molar-refractivity contribution in [2.75, 3.05) is 6.79 Å². The van der Waals surface area contributed by atoms with Gasteiger partial charge in [-0.1, -0.05) is 48.5 Å². The van der Waals surface area contributed by atoms with E-state index < -0.39 is 10.8 Å². The van der Waals surface area contributed by atoms with E-state index in [1.54, 1.807) is 4.68 Å². The second kappa shape index (κ2) is 8.18. The van der Waals surface area contributed by atoms with Crippen molar-refractivity contribution >= 4 is 5.69 Å². The molecule has 0 spiro atoms. The number of fused-ring (bicyclic) bond motifs is 2. The number of hydrogen-bond acceptors (Lipinski definition) is 8. The van der Waals surface area contributed by atoms with Gasteiger partial charge >= 0.3 is 0 Å². The molecule has 10 heteroatoms. The Bertz CT molecular complexity index is 1590. The summed E-state index contributed by atoms with van der Waals surface area (Å²) in [7, 11) is 0. The molecule has 0 bridgehead atoms. The first kappa shape index (κ1) is 21.2. The normalized spacial score (nSPS) is 15.7. The first-order valence-electron chi connectivity index (χ1n) is 11.0. The number of aromatic nitrogens is 2. The molecule has 4 aromatic rings. The van der Waals surface area contributed by atoms with Gasteiger partial charge in [0.1, 0.15) is 17.3 Å². The third-order valence-electron chi connectivity index (χ3n) is 6.13. The highest BCUT2D eigenvalue weighted by Crippen LogP contribution is 2.51. The molecule has 3 aromatic carbocycles. The van der Waals surface area contributed by atoms with Gasteiger partial charge in [0.05, 0.1) is 28.2 Å². The van der Waals surface area contributed by atoms with Crippen molar-refractivity contribution in [1.29, 1.82) is 5.26 Å². The number of hydrogen-bond donors (Lipinski definition) is 1. The van der Waals surface area contributed by atoms with Crippen LogP contribution in [0.1, 0.15) is 17.0 Å². The number of para-hydroxylation sites is 1. The highest BCUT2D eigenvalue weighted by molar-refractivity contribution is 5.74. The summed E-state index contributed by atoms with van der Waals surface area (Å²) in [6.07, 6.45) is 0. The van der Waals surface area contributed by atoms with Crippen LogP contribution in [-0.2, 0) is 0 Å².